The van der Waals surface area contributed by atoms with E-state index in [1.54, 1.807) is 0 Å². The van der Waals surface area contributed by atoms with Crippen LogP contribution in [-0.2, 0) is 10.0 Å². The maximum atomic E-state index is 10.9. The molecule has 0 saturated heterocycles. The van der Waals surface area contributed by atoms with Crippen LogP contribution in [0.5, 0.6) is 0 Å². The van der Waals surface area contributed by atoms with Crippen molar-refractivity contribution in [2.24, 2.45) is 0 Å². The van der Waals surface area contributed by atoms with Crippen molar-refractivity contribution in [2.45, 2.75) is 25.4 Å². The first-order chi connectivity index (χ1) is 11.0. The molecule has 5 heteroatoms. The molecular weight excluding hydrogens is 310 g/mol. The minimum absolute atomic E-state index is 0.415. The van der Waals surface area contributed by atoms with Crippen LogP contribution < -0.4 is 4.72 Å². The van der Waals surface area contributed by atoms with E-state index in [2.05, 4.69) is 16.9 Å². The Balaban J connectivity index is 1.82. The number of aliphatic hydroxyl groups is 1. The summed E-state index contributed by atoms with van der Waals surface area (Å²) in [4.78, 5) is 0. The number of aliphatic hydroxyl groups excluding tert-OH is 1. The van der Waals surface area contributed by atoms with Gasteiger partial charge in [0.2, 0.25) is 10.0 Å². The third-order valence-corrected chi connectivity index (χ3v) is 4.40. The molecule has 0 bridgehead atoms. The predicted octanol–water partition coefficient (Wildman–Crippen LogP) is 3.11. The Morgan fingerprint density at radius 1 is 0.957 bits per heavy atom. The number of nitrogens with one attached hydrogen (secondary N) is 1. The van der Waals surface area contributed by atoms with Gasteiger partial charge in [-0.2, -0.15) is 0 Å². The quantitative estimate of drug-likeness (QED) is 0.730. The van der Waals surface area contributed by atoms with E-state index in [-0.39, 0.29) is 0 Å². The van der Waals surface area contributed by atoms with Gasteiger partial charge in [-0.15, -0.1) is 0 Å². The van der Waals surface area contributed by atoms with Gasteiger partial charge in [-0.05, 0) is 36.0 Å². The summed E-state index contributed by atoms with van der Waals surface area (Å²) in [6.45, 7) is 0.415. The van der Waals surface area contributed by atoms with Crippen LogP contribution in [0.1, 0.15) is 30.9 Å². The second kappa shape index (κ2) is 8.24. The summed E-state index contributed by atoms with van der Waals surface area (Å²) in [5.41, 5.74) is 3.17. The van der Waals surface area contributed by atoms with Crippen molar-refractivity contribution in [3.05, 3.63) is 60.2 Å². The van der Waals surface area contributed by atoms with E-state index in [9.17, 15) is 13.5 Å². The number of benzene rings is 2. The van der Waals surface area contributed by atoms with Crippen molar-refractivity contribution in [1.29, 1.82) is 0 Å². The molecule has 124 valence electrons. The molecule has 1 atom stereocenters. The van der Waals surface area contributed by atoms with Crippen LogP contribution in [0.2, 0.25) is 0 Å². The fourth-order valence-corrected chi connectivity index (χ4v) is 2.93. The predicted molar refractivity (Wildman–Crippen MR) is 93.5 cm³/mol. The van der Waals surface area contributed by atoms with Crippen molar-refractivity contribution in [1.82, 2.24) is 4.72 Å². The second-order valence-electron chi connectivity index (χ2n) is 5.67. The molecule has 4 nitrogen and oxygen atoms in total. The monoisotopic (exact) mass is 333 g/mol. The maximum Gasteiger partial charge on any atom is 0.208 e. The third kappa shape index (κ3) is 6.14. The summed E-state index contributed by atoms with van der Waals surface area (Å²) >= 11 is 0. The Labute approximate surface area is 138 Å². The van der Waals surface area contributed by atoms with Crippen molar-refractivity contribution in [2.75, 3.05) is 12.8 Å². The highest BCUT2D eigenvalue weighted by molar-refractivity contribution is 7.88. The molecule has 0 aliphatic carbocycles. The Morgan fingerprint density at radius 2 is 1.57 bits per heavy atom. The van der Waals surface area contributed by atoms with E-state index in [0.717, 1.165) is 29.4 Å². The van der Waals surface area contributed by atoms with E-state index in [1.165, 1.54) is 0 Å². The van der Waals surface area contributed by atoms with Crippen LogP contribution in [-0.4, -0.2) is 26.3 Å². The first-order valence-corrected chi connectivity index (χ1v) is 9.63. The summed E-state index contributed by atoms with van der Waals surface area (Å²) < 4.78 is 24.3. The molecule has 0 aromatic heterocycles. The lowest BCUT2D eigenvalue weighted by atomic mass is 9.99. The van der Waals surface area contributed by atoms with Crippen molar-refractivity contribution in [3.63, 3.8) is 0 Å². The van der Waals surface area contributed by atoms with E-state index >= 15 is 0 Å². The summed E-state index contributed by atoms with van der Waals surface area (Å²) in [5.74, 6) is 0. The van der Waals surface area contributed by atoms with Crippen LogP contribution in [0.3, 0.4) is 0 Å². The smallest absolute Gasteiger partial charge is 0.208 e. The molecule has 1 unspecified atom stereocenters. The molecule has 0 radical (unpaired) electrons. The largest absolute Gasteiger partial charge is 0.388 e. The lowest BCUT2D eigenvalue weighted by Crippen LogP contribution is -2.22. The molecule has 2 aromatic carbocycles. The van der Waals surface area contributed by atoms with Gasteiger partial charge in [0.05, 0.1) is 12.4 Å². The van der Waals surface area contributed by atoms with E-state index in [4.69, 9.17) is 0 Å². The lowest BCUT2D eigenvalue weighted by Gasteiger charge is -2.12. The average molecular weight is 333 g/mol. The summed E-state index contributed by atoms with van der Waals surface area (Å²) in [6.07, 6.45) is 2.74. The average Bonchev–Trinajstić information content (AvgIpc) is 2.54. The molecule has 0 spiro atoms. The molecule has 23 heavy (non-hydrogen) atoms. The van der Waals surface area contributed by atoms with Crippen molar-refractivity contribution >= 4 is 10.0 Å². The van der Waals surface area contributed by atoms with Gasteiger partial charge in [-0.3, -0.25) is 0 Å². The molecule has 0 heterocycles. The third-order valence-electron chi connectivity index (χ3n) is 3.67. The fourth-order valence-electron chi connectivity index (χ4n) is 2.42. The molecule has 2 rings (SSSR count). The highest BCUT2D eigenvalue weighted by Gasteiger charge is 2.08. The molecule has 0 saturated carbocycles. The molecule has 2 N–H and O–H groups in total. The number of rotatable bonds is 8. The molecule has 0 fully saturated rings. The number of unbranched alkanes of at least 4 members (excludes halogenated alkanes) is 1. The van der Waals surface area contributed by atoms with Gasteiger partial charge >= 0.3 is 0 Å². The Hall–Kier alpha value is -1.69. The van der Waals surface area contributed by atoms with Gasteiger partial charge < -0.3 is 5.11 Å². The van der Waals surface area contributed by atoms with Gasteiger partial charge in [0.25, 0.3) is 0 Å². The number of hydrogen-bond donors (Lipinski definition) is 2. The second-order valence-corrected chi connectivity index (χ2v) is 7.50. The first-order valence-electron chi connectivity index (χ1n) is 7.74. The van der Waals surface area contributed by atoms with E-state index in [0.29, 0.717) is 19.4 Å². The zero-order valence-corrected chi connectivity index (χ0v) is 14.1. The highest BCUT2D eigenvalue weighted by Crippen LogP contribution is 2.24. The fraction of sp³-hybridized carbons (Fsp3) is 0.333. The Kier molecular flexibility index (Phi) is 6.33. The topological polar surface area (TPSA) is 66.4 Å². The molecule has 0 aliphatic heterocycles. The van der Waals surface area contributed by atoms with Crippen LogP contribution in [0.25, 0.3) is 11.1 Å². The number of sulfonamides is 1. The Bertz CT molecular complexity index is 697. The highest BCUT2D eigenvalue weighted by atomic mass is 32.2. The Morgan fingerprint density at radius 3 is 2.17 bits per heavy atom. The first kappa shape index (κ1) is 17.7. The minimum Gasteiger partial charge on any atom is -0.388 e. The zero-order chi connectivity index (χ0) is 16.7. The summed E-state index contributed by atoms with van der Waals surface area (Å²) in [6, 6.07) is 18.0. The van der Waals surface area contributed by atoms with Gasteiger partial charge in [-0.25, -0.2) is 13.1 Å². The molecular formula is C18H23NO3S. The summed E-state index contributed by atoms with van der Waals surface area (Å²) in [5, 5.41) is 10.2. The van der Waals surface area contributed by atoms with Crippen LogP contribution >= 0.6 is 0 Å². The molecule has 0 amide bonds. The lowest BCUT2D eigenvalue weighted by molar-refractivity contribution is 0.164. The standard InChI is InChI=1S/C18H23NO3S/c1-23(21,22)19-14-6-5-9-18(20)17-12-10-16(11-13-17)15-7-3-2-4-8-15/h2-4,7-8,10-13,18-20H,5-6,9,14H2,1H3. The van der Waals surface area contributed by atoms with Crippen molar-refractivity contribution < 1.29 is 13.5 Å². The maximum absolute atomic E-state index is 10.9. The van der Waals surface area contributed by atoms with Gasteiger partial charge in [-0.1, -0.05) is 54.6 Å². The zero-order valence-electron chi connectivity index (χ0n) is 13.3. The minimum atomic E-state index is -3.12. The van der Waals surface area contributed by atoms with E-state index in [1.807, 2.05) is 42.5 Å². The molecule has 0 aliphatic rings. The SMILES string of the molecule is CS(=O)(=O)NCCCCC(O)c1ccc(-c2ccccc2)cc1. The number of hydrogen-bond acceptors (Lipinski definition) is 3. The van der Waals surface area contributed by atoms with Crippen LogP contribution in [0.15, 0.2) is 54.6 Å². The van der Waals surface area contributed by atoms with Gasteiger partial charge in [0, 0.05) is 6.54 Å². The van der Waals surface area contributed by atoms with Crippen molar-refractivity contribution in [3.8, 4) is 11.1 Å². The normalized spacial score (nSPS) is 13.0. The summed E-state index contributed by atoms with van der Waals surface area (Å²) in [7, 11) is -3.12. The van der Waals surface area contributed by atoms with Crippen LogP contribution in [0, 0.1) is 0 Å². The van der Waals surface area contributed by atoms with Gasteiger partial charge in [0.15, 0.2) is 0 Å². The van der Waals surface area contributed by atoms with Gasteiger partial charge in [0.1, 0.15) is 0 Å². The molecule has 2 aromatic rings. The van der Waals surface area contributed by atoms with E-state index < -0.39 is 16.1 Å². The van der Waals surface area contributed by atoms with Crippen LogP contribution in [0.4, 0.5) is 0 Å².